The van der Waals surface area contributed by atoms with E-state index < -0.39 is 17.8 Å². The zero-order chi connectivity index (χ0) is 17.1. The summed E-state index contributed by atoms with van der Waals surface area (Å²) >= 11 is 0. The molecule has 3 unspecified atom stereocenters. The van der Waals surface area contributed by atoms with Crippen molar-refractivity contribution in [2.75, 3.05) is 11.9 Å². The summed E-state index contributed by atoms with van der Waals surface area (Å²) in [5.41, 5.74) is 0.161. The van der Waals surface area contributed by atoms with Gasteiger partial charge in [-0.1, -0.05) is 25.0 Å². The van der Waals surface area contributed by atoms with Gasteiger partial charge in [0.2, 0.25) is 5.91 Å². The predicted molar refractivity (Wildman–Crippen MR) is 88.1 cm³/mol. The number of carbonyl (C=O) groups excluding carboxylic acids is 1. The van der Waals surface area contributed by atoms with E-state index in [0.717, 1.165) is 25.7 Å². The Kier molecular flexibility index (Phi) is 5.14. The van der Waals surface area contributed by atoms with Crippen LogP contribution in [0, 0.1) is 11.7 Å². The molecule has 1 saturated carbocycles. The fraction of sp³-hybridized carbons (Fsp3) is 0.556. The average Bonchev–Trinajstić information content (AvgIpc) is 2.94. The number of nitrogens with zero attached hydrogens (tertiary/aromatic N) is 1. The van der Waals surface area contributed by atoms with Crippen LogP contribution in [0.25, 0.3) is 0 Å². The molecule has 2 aliphatic rings. The van der Waals surface area contributed by atoms with Gasteiger partial charge in [-0.15, -0.1) is 0 Å². The first-order valence-corrected chi connectivity index (χ1v) is 8.59. The number of benzene rings is 1. The molecule has 2 N–H and O–H groups in total. The summed E-state index contributed by atoms with van der Waals surface area (Å²) in [6.45, 7) is 0.401. The third-order valence-corrected chi connectivity index (χ3v) is 5.25. The van der Waals surface area contributed by atoms with E-state index in [1.165, 1.54) is 12.1 Å². The Labute approximate surface area is 140 Å². The molecule has 2 fully saturated rings. The van der Waals surface area contributed by atoms with Crippen molar-refractivity contribution >= 4 is 17.6 Å². The van der Waals surface area contributed by atoms with Gasteiger partial charge in [0.25, 0.3) is 0 Å². The summed E-state index contributed by atoms with van der Waals surface area (Å²) in [5.74, 6) is -1.14. The monoisotopic (exact) mass is 334 g/mol. The molecule has 1 aliphatic heterocycles. The minimum absolute atomic E-state index is 0.161. The summed E-state index contributed by atoms with van der Waals surface area (Å²) in [7, 11) is 0. The standard InChI is InChI=1S/C18H23FN2O3/c19-13-6-2-3-7-14(13)20-17(22)9-10-21-15-8-4-1-5-12(15)11-16(21)18(23)24/h2-3,6-7,12,15-16H,1,4-5,8-11H2,(H,20,22)(H,23,24). The van der Waals surface area contributed by atoms with E-state index in [1.807, 2.05) is 4.90 Å². The fourth-order valence-corrected chi connectivity index (χ4v) is 4.12. The maximum Gasteiger partial charge on any atom is 0.320 e. The molecule has 0 bridgehead atoms. The third kappa shape index (κ3) is 3.59. The van der Waals surface area contributed by atoms with Crippen LogP contribution >= 0.6 is 0 Å². The molecule has 3 atom stereocenters. The number of aliphatic carboxylic acids is 1. The van der Waals surface area contributed by atoms with Gasteiger partial charge in [0, 0.05) is 19.0 Å². The highest BCUT2D eigenvalue weighted by Gasteiger charge is 2.44. The number of anilines is 1. The van der Waals surface area contributed by atoms with Gasteiger partial charge in [-0.3, -0.25) is 14.5 Å². The second kappa shape index (κ2) is 7.30. The SMILES string of the molecule is O=C(CCN1C(C(=O)O)CC2CCCCC21)Nc1ccccc1F. The van der Waals surface area contributed by atoms with Crippen LogP contribution in [0.1, 0.15) is 38.5 Å². The lowest BCUT2D eigenvalue weighted by Gasteiger charge is -2.32. The Morgan fingerprint density at radius 1 is 1.25 bits per heavy atom. The van der Waals surface area contributed by atoms with Crippen LogP contribution in [-0.4, -0.2) is 40.5 Å². The lowest BCUT2D eigenvalue weighted by molar-refractivity contribution is -0.143. The van der Waals surface area contributed by atoms with Crippen molar-refractivity contribution in [2.24, 2.45) is 5.92 Å². The number of nitrogens with one attached hydrogen (secondary N) is 1. The highest BCUT2D eigenvalue weighted by molar-refractivity contribution is 5.91. The van der Waals surface area contributed by atoms with Gasteiger partial charge < -0.3 is 10.4 Å². The molecule has 130 valence electrons. The molecule has 0 aromatic heterocycles. The van der Waals surface area contributed by atoms with E-state index in [2.05, 4.69) is 5.32 Å². The number of hydrogen-bond donors (Lipinski definition) is 2. The highest BCUT2D eigenvalue weighted by Crippen LogP contribution is 2.39. The number of rotatable bonds is 5. The smallest absolute Gasteiger partial charge is 0.320 e. The molecule has 1 aromatic rings. The van der Waals surface area contributed by atoms with Gasteiger partial charge in [0.05, 0.1) is 5.69 Å². The first kappa shape index (κ1) is 16.9. The molecule has 0 spiro atoms. The minimum Gasteiger partial charge on any atom is -0.480 e. The lowest BCUT2D eigenvalue weighted by atomic mass is 9.85. The quantitative estimate of drug-likeness (QED) is 0.869. The van der Waals surface area contributed by atoms with Crippen molar-refractivity contribution in [1.29, 1.82) is 0 Å². The van der Waals surface area contributed by atoms with Crippen molar-refractivity contribution in [2.45, 2.75) is 50.6 Å². The van der Waals surface area contributed by atoms with Crippen molar-refractivity contribution in [3.63, 3.8) is 0 Å². The number of para-hydroxylation sites is 1. The number of halogens is 1. The summed E-state index contributed by atoms with van der Waals surface area (Å²) in [6, 6.07) is 5.80. The average molecular weight is 334 g/mol. The second-order valence-corrected chi connectivity index (χ2v) is 6.72. The van der Waals surface area contributed by atoms with Crippen LogP contribution in [0.15, 0.2) is 24.3 Å². The maximum atomic E-state index is 13.6. The van der Waals surface area contributed by atoms with Crippen molar-refractivity contribution in [3.8, 4) is 0 Å². The predicted octanol–water partition coefficient (Wildman–Crippen LogP) is 2.87. The van der Waals surface area contributed by atoms with E-state index in [-0.39, 0.29) is 24.1 Å². The van der Waals surface area contributed by atoms with Crippen LogP contribution in [0.5, 0.6) is 0 Å². The molecule has 5 nitrogen and oxygen atoms in total. The number of hydrogen-bond acceptors (Lipinski definition) is 3. The molecule has 3 rings (SSSR count). The van der Waals surface area contributed by atoms with Crippen molar-refractivity contribution < 1.29 is 19.1 Å². The molecule has 24 heavy (non-hydrogen) atoms. The normalized spacial score (nSPS) is 26.8. The minimum atomic E-state index is -0.807. The number of fused-ring (bicyclic) bond motifs is 1. The second-order valence-electron chi connectivity index (χ2n) is 6.72. The Hall–Kier alpha value is -1.95. The molecular formula is C18H23FN2O3. The van der Waals surface area contributed by atoms with Gasteiger partial charge in [0.15, 0.2) is 0 Å². The third-order valence-electron chi connectivity index (χ3n) is 5.25. The summed E-state index contributed by atoms with van der Waals surface area (Å²) < 4.78 is 13.6. The fourth-order valence-electron chi connectivity index (χ4n) is 4.12. The summed E-state index contributed by atoms with van der Waals surface area (Å²) in [6.07, 6.45) is 5.20. The number of carboxylic acids is 1. The van der Waals surface area contributed by atoms with E-state index in [4.69, 9.17) is 0 Å². The van der Waals surface area contributed by atoms with Gasteiger partial charge in [-0.25, -0.2) is 4.39 Å². The molecule has 6 heteroatoms. The zero-order valence-corrected chi connectivity index (χ0v) is 13.6. The van der Waals surface area contributed by atoms with Gasteiger partial charge >= 0.3 is 5.97 Å². The largest absolute Gasteiger partial charge is 0.480 e. The van der Waals surface area contributed by atoms with Crippen LogP contribution in [0.2, 0.25) is 0 Å². The zero-order valence-electron chi connectivity index (χ0n) is 13.6. The molecule has 1 amide bonds. The summed E-state index contributed by atoms with van der Waals surface area (Å²) in [4.78, 5) is 25.6. The van der Waals surface area contributed by atoms with Crippen molar-refractivity contribution in [1.82, 2.24) is 4.90 Å². The molecule has 1 aliphatic carbocycles. The van der Waals surface area contributed by atoms with Gasteiger partial charge in [0.1, 0.15) is 11.9 Å². The first-order valence-electron chi connectivity index (χ1n) is 8.59. The highest BCUT2D eigenvalue weighted by atomic mass is 19.1. The first-order chi connectivity index (χ1) is 11.6. The Morgan fingerprint density at radius 2 is 2.00 bits per heavy atom. The lowest BCUT2D eigenvalue weighted by Crippen LogP contribution is -2.43. The number of carbonyl (C=O) groups is 2. The van der Waals surface area contributed by atoms with E-state index in [1.54, 1.807) is 12.1 Å². The molecule has 1 saturated heterocycles. The number of carboxylic acid groups (broad SMARTS) is 1. The topological polar surface area (TPSA) is 69.6 Å². The maximum absolute atomic E-state index is 13.6. The van der Waals surface area contributed by atoms with Gasteiger partial charge in [-0.2, -0.15) is 0 Å². The van der Waals surface area contributed by atoms with E-state index in [0.29, 0.717) is 18.9 Å². The summed E-state index contributed by atoms with van der Waals surface area (Å²) in [5, 5.41) is 12.0. The van der Waals surface area contributed by atoms with Crippen LogP contribution in [0.4, 0.5) is 10.1 Å². The molecule has 0 radical (unpaired) electrons. The Bertz CT molecular complexity index is 622. The number of likely N-dealkylation sites (tertiary alicyclic amines) is 1. The van der Waals surface area contributed by atoms with E-state index in [9.17, 15) is 19.1 Å². The van der Waals surface area contributed by atoms with Crippen LogP contribution < -0.4 is 5.32 Å². The van der Waals surface area contributed by atoms with Crippen LogP contribution in [0.3, 0.4) is 0 Å². The Balaban J connectivity index is 1.60. The molecule has 1 heterocycles. The molecular weight excluding hydrogens is 311 g/mol. The Morgan fingerprint density at radius 3 is 2.75 bits per heavy atom. The van der Waals surface area contributed by atoms with E-state index >= 15 is 0 Å². The van der Waals surface area contributed by atoms with Crippen molar-refractivity contribution in [3.05, 3.63) is 30.1 Å². The molecule has 1 aromatic carbocycles. The van der Waals surface area contributed by atoms with Crippen LogP contribution in [-0.2, 0) is 9.59 Å². The van der Waals surface area contributed by atoms with Gasteiger partial charge in [-0.05, 0) is 37.3 Å². The number of amides is 1.